The Morgan fingerprint density at radius 1 is 1.21 bits per heavy atom. The Hall–Kier alpha value is -2.28. The molecule has 2 aromatic heterocycles. The molecule has 0 saturated carbocycles. The Morgan fingerprint density at radius 3 is 2.42 bits per heavy atom. The first-order valence-corrected chi connectivity index (χ1v) is 8.15. The van der Waals surface area contributed by atoms with E-state index >= 15 is 0 Å². The van der Waals surface area contributed by atoms with E-state index in [0.717, 1.165) is 11.4 Å². The van der Waals surface area contributed by atoms with Gasteiger partial charge in [0.1, 0.15) is 6.54 Å². The number of halogens is 1. The van der Waals surface area contributed by atoms with Gasteiger partial charge in [-0.05, 0) is 26.0 Å². The van der Waals surface area contributed by atoms with Crippen LogP contribution in [0.2, 0.25) is 5.02 Å². The SMILES string of the molecule is Cc1nn(CC(=O)N2CCN(C(=O)c3ccco3)CC2)c(C)c1Cl. The summed E-state index contributed by atoms with van der Waals surface area (Å²) in [5.74, 6) is 0.159. The number of aryl methyl sites for hydroxylation is 1. The van der Waals surface area contributed by atoms with Gasteiger partial charge in [0.05, 0.1) is 22.7 Å². The summed E-state index contributed by atoms with van der Waals surface area (Å²) in [6.45, 7) is 5.79. The van der Waals surface area contributed by atoms with Crippen LogP contribution in [0.15, 0.2) is 22.8 Å². The molecule has 0 aromatic carbocycles. The molecule has 8 heteroatoms. The van der Waals surface area contributed by atoms with E-state index in [0.29, 0.717) is 37.0 Å². The molecular formula is C16H19ClN4O3. The fraction of sp³-hybridized carbons (Fsp3) is 0.438. The van der Waals surface area contributed by atoms with Gasteiger partial charge in [-0.2, -0.15) is 5.10 Å². The van der Waals surface area contributed by atoms with Crippen molar-refractivity contribution in [1.29, 1.82) is 0 Å². The summed E-state index contributed by atoms with van der Waals surface area (Å²) in [6.07, 6.45) is 1.48. The maximum Gasteiger partial charge on any atom is 0.289 e. The molecule has 128 valence electrons. The van der Waals surface area contributed by atoms with Crippen molar-refractivity contribution in [3.05, 3.63) is 40.6 Å². The van der Waals surface area contributed by atoms with E-state index in [2.05, 4.69) is 5.10 Å². The average Bonchev–Trinajstić information content (AvgIpc) is 3.20. The fourth-order valence-corrected chi connectivity index (χ4v) is 2.91. The number of carbonyl (C=O) groups excluding carboxylic acids is 2. The first-order valence-electron chi connectivity index (χ1n) is 7.77. The van der Waals surface area contributed by atoms with Crippen molar-refractivity contribution in [2.45, 2.75) is 20.4 Å². The first kappa shape index (κ1) is 16.6. The molecule has 1 saturated heterocycles. The Bertz CT molecular complexity index is 746. The smallest absolute Gasteiger partial charge is 0.289 e. The van der Waals surface area contributed by atoms with Crippen molar-refractivity contribution in [2.75, 3.05) is 26.2 Å². The van der Waals surface area contributed by atoms with E-state index in [1.807, 2.05) is 13.8 Å². The Kier molecular flexibility index (Phi) is 4.62. The van der Waals surface area contributed by atoms with E-state index in [-0.39, 0.29) is 18.4 Å². The highest BCUT2D eigenvalue weighted by Crippen LogP contribution is 2.19. The highest BCUT2D eigenvalue weighted by molar-refractivity contribution is 6.31. The number of carbonyl (C=O) groups is 2. The second-order valence-corrected chi connectivity index (χ2v) is 6.17. The van der Waals surface area contributed by atoms with Gasteiger partial charge in [0, 0.05) is 26.2 Å². The second kappa shape index (κ2) is 6.68. The fourth-order valence-electron chi connectivity index (χ4n) is 2.77. The van der Waals surface area contributed by atoms with Crippen molar-refractivity contribution in [2.24, 2.45) is 0 Å². The maximum absolute atomic E-state index is 12.4. The average molecular weight is 351 g/mol. The summed E-state index contributed by atoms with van der Waals surface area (Å²) >= 11 is 6.11. The molecular weight excluding hydrogens is 332 g/mol. The number of furan rings is 1. The predicted molar refractivity (Wildman–Crippen MR) is 87.9 cm³/mol. The summed E-state index contributed by atoms with van der Waals surface area (Å²) < 4.78 is 6.76. The van der Waals surface area contributed by atoms with Crippen LogP contribution < -0.4 is 0 Å². The molecule has 1 aliphatic heterocycles. The highest BCUT2D eigenvalue weighted by Gasteiger charge is 2.26. The van der Waals surface area contributed by atoms with Crippen molar-refractivity contribution >= 4 is 23.4 Å². The number of hydrogen-bond acceptors (Lipinski definition) is 4. The monoisotopic (exact) mass is 350 g/mol. The van der Waals surface area contributed by atoms with Crippen molar-refractivity contribution in [3.63, 3.8) is 0 Å². The van der Waals surface area contributed by atoms with Crippen molar-refractivity contribution < 1.29 is 14.0 Å². The van der Waals surface area contributed by atoms with Gasteiger partial charge < -0.3 is 14.2 Å². The van der Waals surface area contributed by atoms with Crippen LogP contribution in [0, 0.1) is 13.8 Å². The lowest BCUT2D eigenvalue weighted by atomic mass is 10.2. The lowest BCUT2D eigenvalue weighted by molar-refractivity contribution is -0.133. The normalized spacial score (nSPS) is 15.0. The molecule has 2 aromatic rings. The van der Waals surface area contributed by atoms with Crippen LogP contribution in [0.5, 0.6) is 0 Å². The molecule has 7 nitrogen and oxygen atoms in total. The minimum Gasteiger partial charge on any atom is -0.459 e. The molecule has 3 heterocycles. The van der Waals surface area contributed by atoms with Crippen molar-refractivity contribution in [3.8, 4) is 0 Å². The molecule has 0 atom stereocenters. The van der Waals surface area contributed by atoms with Gasteiger partial charge >= 0.3 is 0 Å². The Labute approximate surface area is 144 Å². The summed E-state index contributed by atoms with van der Waals surface area (Å²) in [5.41, 5.74) is 1.50. The minimum atomic E-state index is -0.141. The van der Waals surface area contributed by atoms with Crippen LogP contribution in [-0.2, 0) is 11.3 Å². The quantitative estimate of drug-likeness (QED) is 0.845. The third-order valence-electron chi connectivity index (χ3n) is 4.23. The lowest BCUT2D eigenvalue weighted by Crippen LogP contribution is -2.51. The molecule has 0 N–H and O–H groups in total. The molecule has 24 heavy (non-hydrogen) atoms. The third kappa shape index (κ3) is 3.17. The Morgan fingerprint density at radius 2 is 1.88 bits per heavy atom. The van der Waals surface area contributed by atoms with Gasteiger partial charge in [-0.15, -0.1) is 0 Å². The zero-order valence-electron chi connectivity index (χ0n) is 13.7. The lowest BCUT2D eigenvalue weighted by Gasteiger charge is -2.34. The topological polar surface area (TPSA) is 71.6 Å². The number of rotatable bonds is 3. The molecule has 0 spiro atoms. The van der Waals surface area contributed by atoms with Gasteiger partial charge in [0.2, 0.25) is 5.91 Å². The number of hydrogen-bond donors (Lipinski definition) is 0. The molecule has 1 aliphatic rings. The van der Waals surface area contributed by atoms with Crippen LogP contribution in [0.4, 0.5) is 0 Å². The van der Waals surface area contributed by atoms with E-state index < -0.39 is 0 Å². The summed E-state index contributed by atoms with van der Waals surface area (Å²) in [7, 11) is 0. The molecule has 2 amide bonds. The number of aromatic nitrogens is 2. The largest absolute Gasteiger partial charge is 0.459 e. The molecule has 0 aliphatic carbocycles. The van der Waals surface area contributed by atoms with E-state index in [1.165, 1.54) is 6.26 Å². The maximum atomic E-state index is 12.4. The van der Waals surface area contributed by atoms with Crippen LogP contribution >= 0.6 is 11.6 Å². The van der Waals surface area contributed by atoms with Crippen LogP contribution in [0.3, 0.4) is 0 Å². The molecule has 0 bridgehead atoms. The summed E-state index contributed by atoms with van der Waals surface area (Å²) in [5, 5.41) is 4.88. The van der Waals surface area contributed by atoms with Crippen LogP contribution in [0.1, 0.15) is 21.9 Å². The van der Waals surface area contributed by atoms with Gasteiger partial charge in [0.15, 0.2) is 5.76 Å². The second-order valence-electron chi connectivity index (χ2n) is 5.79. The molecule has 1 fully saturated rings. The van der Waals surface area contributed by atoms with Gasteiger partial charge in [-0.1, -0.05) is 11.6 Å². The van der Waals surface area contributed by atoms with E-state index in [9.17, 15) is 9.59 Å². The first-order chi connectivity index (χ1) is 11.5. The predicted octanol–water partition coefficient (Wildman–Crippen LogP) is 1.73. The molecule has 0 unspecified atom stereocenters. The molecule has 0 radical (unpaired) electrons. The number of amides is 2. The van der Waals surface area contributed by atoms with Gasteiger partial charge in [0.25, 0.3) is 5.91 Å². The Balaban J connectivity index is 1.57. The highest BCUT2D eigenvalue weighted by atomic mass is 35.5. The third-order valence-corrected chi connectivity index (χ3v) is 4.78. The number of piperazine rings is 1. The number of nitrogens with zero attached hydrogens (tertiary/aromatic N) is 4. The summed E-state index contributed by atoms with van der Waals surface area (Å²) in [4.78, 5) is 28.1. The standard InChI is InChI=1S/C16H19ClN4O3/c1-11-15(17)12(2)21(18-11)10-14(22)19-5-7-20(8-6-19)16(23)13-4-3-9-24-13/h3-4,9H,5-8,10H2,1-2H3. The van der Waals surface area contributed by atoms with Crippen molar-refractivity contribution in [1.82, 2.24) is 19.6 Å². The van der Waals surface area contributed by atoms with Crippen LogP contribution in [0.25, 0.3) is 0 Å². The minimum absolute atomic E-state index is 0.0256. The van der Waals surface area contributed by atoms with E-state index in [1.54, 1.807) is 26.6 Å². The zero-order valence-corrected chi connectivity index (χ0v) is 14.4. The molecule has 3 rings (SSSR count). The van der Waals surface area contributed by atoms with Gasteiger partial charge in [-0.25, -0.2) is 0 Å². The van der Waals surface area contributed by atoms with Crippen LogP contribution in [-0.4, -0.2) is 57.6 Å². The van der Waals surface area contributed by atoms with E-state index in [4.69, 9.17) is 16.0 Å². The van der Waals surface area contributed by atoms with Gasteiger partial charge in [-0.3, -0.25) is 14.3 Å². The zero-order chi connectivity index (χ0) is 17.3. The summed E-state index contributed by atoms with van der Waals surface area (Å²) in [6, 6.07) is 3.33.